The maximum atomic E-state index is 13.7. The van der Waals surface area contributed by atoms with Crippen molar-refractivity contribution in [1.82, 2.24) is 14.9 Å². The molecule has 198 valence electrons. The van der Waals surface area contributed by atoms with E-state index in [1.165, 1.54) is 12.1 Å². The zero-order valence-corrected chi connectivity index (χ0v) is 21.0. The molecule has 37 heavy (non-hydrogen) atoms. The van der Waals surface area contributed by atoms with Gasteiger partial charge in [-0.15, -0.1) is 0 Å². The summed E-state index contributed by atoms with van der Waals surface area (Å²) in [6, 6.07) is 6.12. The maximum Gasteiger partial charge on any atom is 0.416 e. The van der Waals surface area contributed by atoms with Crippen molar-refractivity contribution in [3.05, 3.63) is 58.1 Å². The molecule has 5 rings (SSSR count). The third-order valence-electron chi connectivity index (χ3n) is 7.72. The lowest BCUT2D eigenvalue weighted by Gasteiger charge is -2.35. The molecule has 0 spiro atoms. The first-order valence-electron chi connectivity index (χ1n) is 12.9. The summed E-state index contributed by atoms with van der Waals surface area (Å²) >= 11 is 0. The predicted octanol–water partition coefficient (Wildman–Crippen LogP) is 4.92. The molecular formula is C27H32F3N5O2. The topological polar surface area (TPSA) is 55.1 Å². The molecule has 2 saturated heterocycles. The van der Waals surface area contributed by atoms with Gasteiger partial charge in [0.25, 0.3) is 0 Å². The summed E-state index contributed by atoms with van der Waals surface area (Å²) in [5.74, 6) is 0.973. The van der Waals surface area contributed by atoms with E-state index in [0.29, 0.717) is 25.4 Å². The Labute approximate surface area is 215 Å². The zero-order valence-electron chi connectivity index (χ0n) is 21.0. The molecule has 10 heteroatoms. The van der Waals surface area contributed by atoms with E-state index in [-0.39, 0.29) is 36.6 Å². The van der Waals surface area contributed by atoms with Crippen LogP contribution in [0.1, 0.15) is 54.2 Å². The van der Waals surface area contributed by atoms with Crippen LogP contribution in [0.3, 0.4) is 0 Å². The molecule has 0 amide bonds. The van der Waals surface area contributed by atoms with Gasteiger partial charge < -0.3 is 24.1 Å². The van der Waals surface area contributed by atoms with Gasteiger partial charge >= 0.3 is 12.2 Å². The van der Waals surface area contributed by atoms with Crippen LogP contribution in [0.5, 0.6) is 6.01 Å². The molecule has 0 bridgehead atoms. The van der Waals surface area contributed by atoms with E-state index in [1.54, 1.807) is 6.07 Å². The van der Waals surface area contributed by atoms with Crippen LogP contribution in [0.15, 0.2) is 24.3 Å². The molecule has 3 aliphatic heterocycles. The molecule has 3 aliphatic rings. The first-order valence-corrected chi connectivity index (χ1v) is 12.9. The van der Waals surface area contributed by atoms with Crippen molar-refractivity contribution in [2.24, 2.45) is 5.92 Å². The predicted molar refractivity (Wildman–Crippen MR) is 132 cm³/mol. The Morgan fingerprint density at radius 2 is 1.97 bits per heavy atom. The van der Waals surface area contributed by atoms with Crippen LogP contribution in [-0.4, -0.2) is 60.7 Å². The number of likely N-dealkylation sites (N-methyl/N-ethyl adjacent to an activating group) is 1. The Hall–Kier alpha value is -2.90. The Bertz CT molecular complexity index is 1150. The van der Waals surface area contributed by atoms with Gasteiger partial charge in [-0.05, 0) is 50.9 Å². The maximum absolute atomic E-state index is 13.7. The number of rotatable bonds is 6. The van der Waals surface area contributed by atoms with E-state index in [4.69, 9.17) is 21.0 Å². The van der Waals surface area contributed by atoms with Crippen molar-refractivity contribution in [3.63, 3.8) is 0 Å². The summed E-state index contributed by atoms with van der Waals surface area (Å²) in [6.45, 7) is 10.8. The molecule has 0 radical (unpaired) electrons. The molecule has 1 aromatic carbocycles. The Kier molecular flexibility index (Phi) is 7.54. The minimum absolute atomic E-state index is 0.117. The summed E-state index contributed by atoms with van der Waals surface area (Å²) in [6.07, 6.45) is -0.919. The number of fused-ring (bicyclic) bond motifs is 1. The van der Waals surface area contributed by atoms with Crippen molar-refractivity contribution >= 4 is 5.82 Å². The highest BCUT2D eigenvalue weighted by atomic mass is 19.4. The molecule has 0 saturated carbocycles. The van der Waals surface area contributed by atoms with Crippen molar-refractivity contribution < 1.29 is 22.6 Å². The van der Waals surface area contributed by atoms with Crippen LogP contribution in [-0.2, 0) is 23.9 Å². The van der Waals surface area contributed by atoms with Crippen molar-refractivity contribution in [2.75, 3.05) is 44.7 Å². The lowest BCUT2D eigenvalue weighted by molar-refractivity contribution is -0.139. The summed E-state index contributed by atoms with van der Waals surface area (Å²) < 4.78 is 53.3. The summed E-state index contributed by atoms with van der Waals surface area (Å²) in [7, 11) is 2.07. The molecule has 0 aliphatic carbocycles. The van der Waals surface area contributed by atoms with Crippen LogP contribution in [0.4, 0.5) is 19.0 Å². The molecule has 1 unspecified atom stereocenters. The van der Waals surface area contributed by atoms with Crippen LogP contribution in [0.2, 0.25) is 0 Å². The number of benzene rings is 1. The second-order valence-corrected chi connectivity index (χ2v) is 10.2. The van der Waals surface area contributed by atoms with E-state index in [0.717, 1.165) is 56.2 Å². The number of hydrogen-bond acceptors (Lipinski definition) is 6. The van der Waals surface area contributed by atoms with Crippen molar-refractivity contribution in [2.45, 2.75) is 57.0 Å². The minimum Gasteiger partial charge on any atom is -0.462 e. The molecule has 2 fully saturated rings. The molecule has 2 aromatic rings. The quantitative estimate of drug-likeness (QED) is 0.510. The van der Waals surface area contributed by atoms with E-state index >= 15 is 0 Å². The standard InChI is InChI=1S/C27H32F3N5O2/c1-31-14-18-7-5-12-35(15-18)25-21-17-36-24(20-9-3-4-10-22(20)27(28,29)30)13-23(21)32-26(33-25)37-16-19-8-6-11-34(19)2/h3-4,9-10,18-19,24H,5-8,11-17H2,2H3/t18-,19+,24?/m0/s1. The van der Waals surface area contributed by atoms with Gasteiger partial charge in [0, 0.05) is 37.0 Å². The molecule has 7 nitrogen and oxygen atoms in total. The fourth-order valence-electron chi connectivity index (χ4n) is 5.69. The normalized spacial score (nSPS) is 24.5. The van der Waals surface area contributed by atoms with Gasteiger partial charge in [-0.3, -0.25) is 0 Å². The number of piperidine rings is 1. The highest BCUT2D eigenvalue weighted by molar-refractivity contribution is 5.51. The van der Waals surface area contributed by atoms with E-state index in [9.17, 15) is 13.2 Å². The van der Waals surface area contributed by atoms with Crippen LogP contribution >= 0.6 is 0 Å². The van der Waals surface area contributed by atoms with Crippen LogP contribution in [0, 0.1) is 12.5 Å². The third-order valence-corrected chi connectivity index (χ3v) is 7.72. The number of nitrogens with zero attached hydrogens (tertiary/aromatic N) is 5. The molecule has 4 heterocycles. The lowest BCUT2D eigenvalue weighted by atomic mass is 9.94. The number of likely N-dealkylation sites (tertiary alicyclic amines) is 1. The largest absolute Gasteiger partial charge is 0.462 e. The Morgan fingerprint density at radius 3 is 2.73 bits per heavy atom. The van der Waals surface area contributed by atoms with Gasteiger partial charge in [0.05, 0.1) is 24.0 Å². The number of halogens is 3. The average molecular weight is 516 g/mol. The SMILES string of the molecule is [C-]#[N+]C[C@@H]1CCCN(c2nc(OC[C@H]3CCCN3C)nc3c2COC(c2ccccc2C(F)(F)F)C3)C1. The number of aromatic nitrogens is 2. The van der Waals surface area contributed by atoms with Gasteiger partial charge in [0.15, 0.2) is 0 Å². The molecule has 1 aromatic heterocycles. The highest BCUT2D eigenvalue weighted by Crippen LogP contribution is 2.41. The summed E-state index contributed by atoms with van der Waals surface area (Å²) in [5, 5.41) is 0. The van der Waals surface area contributed by atoms with Gasteiger partial charge in [-0.2, -0.15) is 23.1 Å². The van der Waals surface area contributed by atoms with E-state index < -0.39 is 17.8 Å². The van der Waals surface area contributed by atoms with Gasteiger partial charge in [-0.1, -0.05) is 18.2 Å². The average Bonchev–Trinajstić information content (AvgIpc) is 3.31. The summed E-state index contributed by atoms with van der Waals surface area (Å²) in [5.41, 5.74) is 0.900. The molecule has 3 atom stereocenters. The molecular weight excluding hydrogens is 483 g/mol. The monoisotopic (exact) mass is 515 g/mol. The highest BCUT2D eigenvalue weighted by Gasteiger charge is 2.38. The second-order valence-electron chi connectivity index (χ2n) is 10.2. The lowest BCUT2D eigenvalue weighted by Crippen LogP contribution is -2.38. The fraction of sp³-hybridized carbons (Fsp3) is 0.593. The van der Waals surface area contributed by atoms with Gasteiger partial charge in [0.1, 0.15) is 12.4 Å². The minimum atomic E-state index is -4.47. The van der Waals surface area contributed by atoms with Gasteiger partial charge in [-0.25, -0.2) is 6.57 Å². The van der Waals surface area contributed by atoms with E-state index in [1.807, 2.05) is 0 Å². The smallest absolute Gasteiger partial charge is 0.416 e. The summed E-state index contributed by atoms with van der Waals surface area (Å²) in [4.78, 5) is 17.5. The van der Waals surface area contributed by atoms with Crippen molar-refractivity contribution in [3.8, 4) is 6.01 Å². The van der Waals surface area contributed by atoms with Crippen LogP contribution < -0.4 is 9.64 Å². The number of anilines is 1. The number of hydrogen-bond donors (Lipinski definition) is 0. The van der Waals surface area contributed by atoms with E-state index in [2.05, 4.69) is 26.7 Å². The zero-order chi connectivity index (χ0) is 26.0. The number of alkyl halides is 3. The fourth-order valence-corrected chi connectivity index (χ4v) is 5.69. The first kappa shape index (κ1) is 25.7. The van der Waals surface area contributed by atoms with Crippen molar-refractivity contribution in [1.29, 1.82) is 0 Å². The third kappa shape index (κ3) is 5.68. The molecule has 0 N–H and O–H groups in total. The van der Waals surface area contributed by atoms with Gasteiger partial charge in [0.2, 0.25) is 6.54 Å². The number of ether oxygens (including phenoxy) is 2. The Balaban J connectivity index is 1.46. The Morgan fingerprint density at radius 1 is 1.16 bits per heavy atom. The first-order chi connectivity index (χ1) is 17.8. The second kappa shape index (κ2) is 10.8. The van der Waals surface area contributed by atoms with Crippen LogP contribution in [0.25, 0.3) is 4.85 Å².